The summed E-state index contributed by atoms with van der Waals surface area (Å²) in [7, 11) is 1.77. The minimum absolute atomic E-state index is 0. The molecule has 3 aromatic rings. The average Bonchev–Trinajstić information content (AvgIpc) is 3.64. The molecule has 0 unspecified atom stereocenters. The van der Waals surface area contributed by atoms with Crippen molar-refractivity contribution in [2.75, 3.05) is 13.1 Å². The second kappa shape index (κ2) is 9.46. The van der Waals surface area contributed by atoms with Crippen LogP contribution in [0.3, 0.4) is 0 Å². The quantitative estimate of drug-likeness (QED) is 0.419. The van der Waals surface area contributed by atoms with E-state index in [0.717, 1.165) is 60.9 Å². The normalized spacial score (nSPS) is 17.1. The first-order valence-electron chi connectivity index (χ1n) is 12.0. The highest BCUT2D eigenvalue weighted by Crippen LogP contribution is 2.50. The Kier molecular flexibility index (Phi) is 6.73. The lowest BCUT2D eigenvalue weighted by Crippen LogP contribution is -2.43. The summed E-state index contributed by atoms with van der Waals surface area (Å²) in [6, 6.07) is 13.2. The number of likely N-dealkylation sites (tertiary alicyclic amines) is 1. The molecule has 1 aliphatic carbocycles. The molecule has 2 aromatic carbocycles. The molecular weight excluding hydrogens is 462 g/mol. The number of nitrogens with zero attached hydrogens (tertiary/aromatic N) is 3. The van der Waals surface area contributed by atoms with Crippen molar-refractivity contribution in [2.24, 2.45) is 18.7 Å². The number of hydrogen-bond acceptors (Lipinski definition) is 4. The van der Waals surface area contributed by atoms with Gasteiger partial charge in [0.25, 0.3) is 5.56 Å². The lowest BCUT2D eigenvalue weighted by molar-refractivity contribution is -0.135. The third-order valence-electron chi connectivity index (χ3n) is 7.56. The minimum atomic E-state index is -0.437. The Morgan fingerprint density at radius 1 is 1.14 bits per heavy atom. The SMILES string of the molecule is CC1CCN(C(=O)C2(c3ccc4c(c3)nc(Cc3ccc(C(=N)N)cc3)c(=O)n4C)CC2)CC1.Cl. The summed E-state index contributed by atoms with van der Waals surface area (Å²) in [4.78, 5) is 33.2. The van der Waals surface area contributed by atoms with Crippen LogP contribution in [0.15, 0.2) is 47.3 Å². The number of benzene rings is 2. The van der Waals surface area contributed by atoms with Crippen molar-refractivity contribution in [1.82, 2.24) is 14.5 Å². The molecule has 0 radical (unpaired) electrons. The van der Waals surface area contributed by atoms with Crippen molar-refractivity contribution < 1.29 is 4.79 Å². The second-order valence-corrected chi connectivity index (χ2v) is 9.97. The van der Waals surface area contributed by atoms with Crippen molar-refractivity contribution in [2.45, 2.75) is 44.4 Å². The summed E-state index contributed by atoms with van der Waals surface area (Å²) in [5.74, 6) is 0.943. The number of amidine groups is 1. The largest absolute Gasteiger partial charge is 0.384 e. The molecule has 2 fully saturated rings. The van der Waals surface area contributed by atoms with Gasteiger partial charge in [-0.3, -0.25) is 15.0 Å². The van der Waals surface area contributed by atoms with Gasteiger partial charge < -0.3 is 15.2 Å². The number of aryl methyl sites for hydroxylation is 1. The Balaban J connectivity index is 0.00000289. The van der Waals surface area contributed by atoms with Gasteiger partial charge in [-0.15, -0.1) is 12.4 Å². The maximum Gasteiger partial charge on any atom is 0.272 e. The number of aromatic nitrogens is 2. The molecule has 1 amide bonds. The Morgan fingerprint density at radius 2 is 1.80 bits per heavy atom. The van der Waals surface area contributed by atoms with Crippen molar-refractivity contribution in [1.29, 1.82) is 5.41 Å². The van der Waals surface area contributed by atoms with Gasteiger partial charge in [0, 0.05) is 32.1 Å². The Hall–Kier alpha value is -3.19. The summed E-state index contributed by atoms with van der Waals surface area (Å²) < 4.78 is 1.64. The smallest absolute Gasteiger partial charge is 0.272 e. The van der Waals surface area contributed by atoms with E-state index in [1.807, 2.05) is 35.2 Å². The van der Waals surface area contributed by atoms with E-state index in [9.17, 15) is 9.59 Å². The highest BCUT2D eigenvalue weighted by Gasteiger charge is 2.53. The lowest BCUT2D eigenvalue weighted by atomic mass is 9.91. The van der Waals surface area contributed by atoms with Crippen LogP contribution in [0.5, 0.6) is 0 Å². The van der Waals surface area contributed by atoms with Crippen LogP contribution in [-0.4, -0.2) is 39.3 Å². The molecule has 0 spiro atoms. The summed E-state index contributed by atoms with van der Waals surface area (Å²) in [5.41, 5.74) is 9.52. The predicted molar refractivity (Wildman–Crippen MR) is 140 cm³/mol. The molecular formula is C27H32ClN5O2. The van der Waals surface area contributed by atoms with E-state index in [0.29, 0.717) is 23.6 Å². The number of nitrogen functional groups attached to an aromatic ring is 1. The zero-order chi connectivity index (χ0) is 24.0. The summed E-state index contributed by atoms with van der Waals surface area (Å²) in [6.45, 7) is 3.94. The molecule has 35 heavy (non-hydrogen) atoms. The number of halogens is 1. The van der Waals surface area contributed by atoms with Gasteiger partial charge in [-0.25, -0.2) is 4.98 Å². The standard InChI is InChI=1S/C27H31N5O2.ClH/c1-17-9-13-32(14-10-17)26(34)27(11-12-27)20-7-8-23-21(16-20)30-22(25(33)31(23)2)15-18-3-5-19(6-4-18)24(28)29;/h3-8,16-17H,9-15H2,1-2H3,(H3,28,29);1H. The fourth-order valence-corrected chi connectivity index (χ4v) is 5.07. The van der Waals surface area contributed by atoms with E-state index >= 15 is 0 Å². The summed E-state index contributed by atoms with van der Waals surface area (Å²) in [5, 5.41) is 7.54. The molecule has 1 aromatic heterocycles. The number of fused-ring (bicyclic) bond motifs is 1. The number of nitrogens with two attached hydrogens (primary N) is 1. The third kappa shape index (κ3) is 4.57. The Labute approximate surface area is 211 Å². The van der Waals surface area contributed by atoms with E-state index in [2.05, 4.69) is 6.92 Å². The Morgan fingerprint density at radius 3 is 2.40 bits per heavy atom. The summed E-state index contributed by atoms with van der Waals surface area (Å²) >= 11 is 0. The molecule has 0 atom stereocenters. The van der Waals surface area contributed by atoms with Crippen LogP contribution in [0.25, 0.3) is 11.0 Å². The molecule has 1 aliphatic heterocycles. The third-order valence-corrected chi connectivity index (χ3v) is 7.56. The summed E-state index contributed by atoms with van der Waals surface area (Å²) in [6.07, 6.45) is 4.26. The number of rotatable bonds is 5. The van der Waals surface area contributed by atoms with Crippen molar-refractivity contribution >= 4 is 35.2 Å². The first-order valence-corrected chi connectivity index (χ1v) is 12.0. The van der Waals surface area contributed by atoms with Gasteiger partial charge in [-0.2, -0.15) is 0 Å². The van der Waals surface area contributed by atoms with Crippen LogP contribution in [0.1, 0.15) is 55.0 Å². The van der Waals surface area contributed by atoms with Gasteiger partial charge in [-0.05, 0) is 54.9 Å². The molecule has 1 saturated heterocycles. The highest BCUT2D eigenvalue weighted by molar-refractivity contribution is 5.95. The zero-order valence-electron chi connectivity index (χ0n) is 20.2. The number of hydrogen-bond donors (Lipinski definition) is 2. The van der Waals surface area contributed by atoms with E-state index in [-0.39, 0.29) is 29.7 Å². The van der Waals surface area contributed by atoms with Crippen molar-refractivity contribution in [3.63, 3.8) is 0 Å². The van der Waals surface area contributed by atoms with Crippen LogP contribution in [-0.2, 0) is 23.7 Å². The van der Waals surface area contributed by atoms with Crippen LogP contribution >= 0.6 is 12.4 Å². The van der Waals surface area contributed by atoms with E-state index in [4.69, 9.17) is 16.1 Å². The van der Waals surface area contributed by atoms with Crippen LogP contribution < -0.4 is 11.3 Å². The van der Waals surface area contributed by atoms with Gasteiger partial charge in [-0.1, -0.05) is 37.3 Å². The maximum atomic E-state index is 13.5. The van der Waals surface area contributed by atoms with Gasteiger partial charge >= 0.3 is 0 Å². The van der Waals surface area contributed by atoms with Gasteiger partial charge in [0.05, 0.1) is 16.4 Å². The van der Waals surface area contributed by atoms with E-state index < -0.39 is 5.41 Å². The van der Waals surface area contributed by atoms with Gasteiger partial charge in [0.2, 0.25) is 5.91 Å². The molecule has 184 valence electrons. The monoisotopic (exact) mass is 493 g/mol. The second-order valence-electron chi connectivity index (χ2n) is 9.97. The first kappa shape index (κ1) is 24.9. The molecule has 1 saturated carbocycles. The first-order chi connectivity index (χ1) is 16.3. The van der Waals surface area contributed by atoms with E-state index in [1.165, 1.54) is 0 Å². The highest BCUT2D eigenvalue weighted by atomic mass is 35.5. The Bertz CT molecular complexity index is 1340. The molecule has 2 heterocycles. The van der Waals surface area contributed by atoms with Crippen LogP contribution in [0.2, 0.25) is 0 Å². The topological polar surface area (TPSA) is 105 Å². The van der Waals surface area contributed by atoms with Crippen LogP contribution in [0.4, 0.5) is 0 Å². The number of piperidine rings is 1. The van der Waals surface area contributed by atoms with Crippen LogP contribution in [0, 0.1) is 11.3 Å². The molecule has 0 bridgehead atoms. The lowest BCUT2D eigenvalue weighted by Gasteiger charge is -2.33. The van der Waals surface area contributed by atoms with Gasteiger partial charge in [0.1, 0.15) is 11.5 Å². The van der Waals surface area contributed by atoms with Crippen molar-refractivity contribution in [3.8, 4) is 0 Å². The zero-order valence-corrected chi connectivity index (χ0v) is 21.0. The van der Waals surface area contributed by atoms with Crippen molar-refractivity contribution in [3.05, 3.63) is 75.2 Å². The average molecular weight is 494 g/mol. The molecule has 3 N–H and O–H groups in total. The fraction of sp³-hybridized carbons (Fsp3) is 0.407. The molecule has 2 aliphatic rings. The fourth-order valence-electron chi connectivity index (χ4n) is 5.07. The number of amides is 1. The molecule has 5 rings (SSSR count). The number of carbonyl (C=O) groups is 1. The molecule has 8 heteroatoms. The van der Waals surface area contributed by atoms with E-state index in [1.54, 1.807) is 23.7 Å². The number of carbonyl (C=O) groups excluding carboxylic acids is 1. The predicted octanol–water partition coefficient (Wildman–Crippen LogP) is 3.52. The molecule has 7 nitrogen and oxygen atoms in total. The maximum absolute atomic E-state index is 13.5. The minimum Gasteiger partial charge on any atom is -0.384 e. The van der Waals surface area contributed by atoms with Gasteiger partial charge in [0.15, 0.2) is 0 Å². The number of nitrogens with one attached hydrogen (secondary N) is 1.